The van der Waals surface area contributed by atoms with Gasteiger partial charge in [0.1, 0.15) is 23.5 Å². The summed E-state index contributed by atoms with van der Waals surface area (Å²) >= 11 is 0. The summed E-state index contributed by atoms with van der Waals surface area (Å²) in [6.45, 7) is 3.74. The molecule has 1 saturated heterocycles. The number of aromatic amines is 1. The first-order chi connectivity index (χ1) is 14.6. The van der Waals surface area contributed by atoms with Crippen LogP contribution in [0.4, 0.5) is 5.82 Å². The van der Waals surface area contributed by atoms with E-state index in [0.717, 1.165) is 60.5 Å². The highest BCUT2D eigenvalue weighted by molar-refractivity contribution is 5.88. The average molecular weight is 406 g/mol. The van der Waals surface area contributed by atoms with E-state index in [-0.39, 0.29) is 23.3 Å². The molecule has 30 heavy (non-hydrogen) atoms. The first-order valence-electron chi connectivity index (χ1n) is 10.6. The molecule has 7 nitrogen and oxygen atoms in total. The molecule has 2 aliphatic rings. The van der Waals surface area contributed by atoms with Gasteiger partial charge in [0.15, 0.2) is 0 Å². The van der Waals surface area contributed by atoms with Crippen molar-refractivity contribution in [2.75, 3.05) is 25.1 Å². The summed E-state index contributed by atoms with van der Waals surface area (Å²) in [7, 11) is 1.66. The Labute approximate surface area is 175 Å². The monoisotopic (exact) mass is 405 g/mol. The van der Waals surface area contributed by atoms with Crippen molar-refractivity contribution in [1.82, 2.24) is 20.3 Å². The van der Waals surface area contributed by atoms with Crippen molar-refractivity contribution in [3.05, 3.63) is 48.4 Å². The van der Waals surface area contributed by atoms with Crippen LogP contribution in [0.15, 0.2) is 42.9 Å². The topological polar surface area (TPSA) is 83.1 Å². The van der Waals surface area contributed by atoms with E-state index in [9.17, 15) is 4.79 Å². The lowest BCUT2D eigenvalue weighted by Gasteiger charge is -2.39. The van der Waals surface area contributed by atoms with Gasteiger partial charge in [-0.25, -0.2) is 9.97 Å². The summed E-state index contributed by atoms with van der Waals surface area (Å²) in [5.74, 6) is 2.02. The van der Waals surface area contributed by atoms with Gasteiger partial charge < -0.3 is 19.9 Å². The molecule has 1 aliphatic carbocycles. The highest BCUT2D eigenvalue weighted by atomic mass is 16.5. The zero-order valence-electron chi connectivity index (χ0n) is 17.4. The van der Waals surface area contributed by atoms with Crippen molar-refractivity contribution in [1.29, 1.82) is 0 Å². The Morgan fingerprint density at radius 1 is 1.27 bits per heavy atom. The zero-order valence-corrected chi connectivity index (χ0v) is 17.4. The minimum absolute atomic E-state index is 0.0291. The molecule has 156 valence electrons. The second kappa shape index (κ2) is 7.31. The molecule has 3 aromatic rings. The number of ether oxygens (including phenoxy) is 1. The van der Waals surface area contributed by atoms with Crippen molar-refractivity contribution >= 4 is 22.8 Å². The number of methoxy groups -OCH3 is 1. The van der Waals surface area contributed by atoms with E-state index in [0.29, 0.717) is 0 Å². The summed E-state index contributed by atoms with van der Waals surface area (Å²) in [6, 6.07) is 9.88. The van der Waals surface area contributed by atoms with Gasteiger partial charge in [-0.15, -0.1) is 0 Å². The van der Waals surface area contributed by atoms with Crippen molar-refractivity contribution in [3.63, 3.8) is 0 Å². The normalized spacial score (nSPS) is 20.9. The Bertz CT molecular complexity index is 1060. The maximum absolute atomic E-state index is 13.2. The number of fused-ring (bicyclic) bond motifs is 1. The molecule has 1 aromatic carbocycles. The number of anilines is 1. The zero-order chi connectivity index (χ0) is 20.7. The predicted octanol–water partition coefficient (Wildman–Crippen LogP) is 3.45. The molecule has 2 atom stereocenters. The van der Waals surface area contributed by atoms with E-state index in [4.69, 9.17) is 4.74 Å². The number of H-pyrrole nitrogens is 1. The number of piperidine rings is 1. The van der Waals surface area contributed by atoms with Crippen LogP contribution >= 0.6 is 0 Å². The lowest BCUT2D eigenvalue weighted by Crippen LogP contribution is -2.48. The second-order valence-corrected chi connectivity index (χ2v) is 8.57. The number of nitrogens with one attached hydrogen (secondary N) is 2. The number of amides is 1. The number of carbonyl (C=O) groups is 1. The van der Waals surface area contributed by atoms with E-state index in [1.165, 1.54) is 0 Å². The van der Waals surface area contributed by atoms with Crippen molar-refractivity contribution in [2.24, 2.45) is 11.3 Å². The lowest BCUT2D eigenvalue weighted by atomic mass is 9.81. The summed E-state index contributed by atoms with van der Waals surface area (Å²) < 4.78 is 5.23. The van der Waals surface area contributed by atoms with Gasteiger partial charge in [-0.05, 0) is 55.4 Å². The fourth-order valence-corrected chi connectivity index (χ4v) is 4.82. The third kappa shape index (κ3) is 3.28. The van der Waals surface area contributed by atoms with Gasteiger partial charge in [-0.2, -0.15) is 0 Å². The molecule has 2 N–H and O–H groups in total. The van der Waals surface area contributed by atoms with Crippen LogP contribution in [0.2, 0.25) is 0 Å². The fourth-order valence-electron chi connectivity index (χ4n) is 4.82. The maximum atomic E-state index is 13.2. The molecule has 1 unspecified atom stereocenters. The molecule has 1 spiro atoms. The van der Waals surface area contributed by atoms with Crippen LogP contribution in [-0.4, -0.2) is 41.1 Å². The summed E-state index contributed by atoms with van der Waals surface area (Å²) in [6.07, 6.45) is 6.55. The van der Waals surface area contributed by atoms with Gasteiger partial charge in [0.25, 0.3) is 0 Å². The van der Waals surface area contributed by atoms with Gasteiger partial charge in [0.2, 0.25) is 5.91 Å². The quantitative estimate of drug-likeness (QED) is 0.679. The van der Waals surface area contributed by atoms with Crippen LogP contribution in [0.25, 0.3) is 11.0 Å². The Morgan fingerprint density at radius 2 is 2.07 bits per heavy atom. The molecule has 7 heteroatoms. The van der Waals surface area contributed by atoms with Crippen molar-refractivity contribution in [3.8, 4) is 5.75 Å². The predicted molar refractivity (Wildman–Crippen MR) is 115 cm³/mol. The molecule has 5 rings (SSSR count). The number of aromatic nitrogens is 3. The van der Waals surface area contributed by atoms with Crippen LogP contribution < -0.4 is 15.0 Å². The Kier molecular flexibility index (Phi) is 4.60. The van der Waals surface area contributed by atoms with E-state index in [1.807, 2.05) is 43.5 Å². The van der Waals surface area contributed by atoms with Crippen molar-refractivity contribution in [2.45, 2.75) is 32.2 Å². The highest BCUT2D eigenvalue weighted by Crippen LogP contribution is 2.56. The van der Waals surface area contributed by atoms with Crippen LogP contribution in [0.5, 0.6) is 5.75 Å². The summed E-state index contributed by atoms with van der Waals surface area (Å²) in [5, 5.41) is 4.30. The van der Waals surface area contributed by atoms with Gasteiger partial charge in [-0.1, -0.05) is 12.1 Å². The Morgan fingerprint density at radius 3 is 2.80 bits per heavy atom. The number of benzene rings is 1. The summed E-state index contributed by atoms with van der Waals surface area (Å²) in [5.41, 5.74) is 2.01. The SMILES string of the molecule is COc1ccc([C@H](C)NC(=O)C2CCN(c3ncnc4[nH]ccc34)CC23CC3)cc1. The largest absolute Gasteiger partial charge is 0.497 e. The first-order valence-corrected chi connectivity index (χ1v) is 10.6. The van der Waals surface area contributed by atoms with Crippen LogP contribution in [0.1, 0.15) is 37.8 Å². The van der Waals surface area contributed by atoms with Crippen LogP contribution in [0.3, 0.4) is 0 Å². The van der Waals surface area contributed by atoms with E-state index >= 15 is 0 Å². The highest BCUT2D eigenvalue weighted by Gasteiger charge is 2.55. The average Bonchev–Trinajstić information content (AvgIpc) is 3.34. The van der Waals surface area contributed by atoms with Gasteiger partial charge in [0, 0.05) is 25.2 Å². The van der Waals surface area contributed by atoms with Crippen molar-refractivity contribution < 1.29 is 9.53 Å². The minimum atomic E-state index is -0.0291. The Balaban J connectivity index is 1.28. The number of carbonyl (C=O) groups excluding carboxylic acids is 1. The lowest BCUT2D eigenvalue weighted by molar-refractivity contribution is -0.128. The standard InChI is InChI=1S/C23H27N5O2/c1-15(16-3-5-17(30-2)6-4-16)27-22(29)19-8-12-28(13-23(19)9-10-23)21-18-7-11-24-20(18)25-14-26-21/h3-7,11,14-15,19H,8-10,12-13H2,1-2H3,(H,27,29)(H,24,25,26)/t15-,19?/m0/s1. The molecule has 1 saturated carbocycles. The molecular weight excluding hydrogens is 378 g/mol. The van der Waals surface area contributed by atoms with Gasteiger partial charge in [0.05, 0.1) is 18.5 Å². The maximum Gasteiger partial charge on any atom is 0.224 e. The van der Waals surface area contributed by atoms with E-state index in [2.05, 4.69) is 25.2 Å². The van der Waals surface area contributed by atoms with Crippen LogP contribution in [-0.2, 0) is 4.79 Å². The fraction of sp³-hybridized carbons (Fsp3) is 0.435. The molecule has 2 fully saturated rings. The van der Waals surface area contributed by atoms with Crippen LogP contribution in [0, 0.1) is 11.3 Å². The molecular formula is C23H27N5O2. The molecule has 1 amide bonds. The molecule has 1 aliphatic heterocycles. The second-order valence-electron chi connectivity index (χ2n) is 8.57. The third-order valence-corrected chi connectivity index (χ3v) is 6.75. The minimum Gasteiger partial charge on any atom is -0.497 e. The number of nitrogens with zero attached hydrogens (tertiary/aromatic N) is 3. The number of rotatable bonds is 5. The molecule has 3 heterocycles. The smallest absolute Gasteiger partial charge is 0.224 e. The Hall–Kier alpha value is -3.09. The molecule has 0 radical (unpaired) electrons. The molecule has 0 bridgehead atoms. The number of hydrogen-bond donors (Lipinski definition) is 2. The first kappa shape index (κ1) is 18.9. The molecule has 2 aromatic heterocycles. The number of hydrogen-bond acceptors (Lipinski definition) is 5. The third-order valence-electron chi connectivity index (χ3n) is 6.75. The van der Waals surface area contributed by atoms with E-state index in [1.54, 1.807) is 13.4 Å². The summed E-state index contributed by atoms with van der Waals surface area (Å²) in [4.78, 5) is 27.5. The van der Waals surface area contributed by atoms with E-state index < -0.39 is 0 Å². The van der Waals surface area contributed by atoms with Gasteiger partial charge in [-0.3, -0.25) is 4.79 Å². The van der Waals surface area contributed by atoms with Gasteiger partial charge >= 0.3 is 0 Å².